The summed E-state index contributed by atoms with van der Waals surface area (Å²) in [5.74, 6) is 0.750. The molecule has 1 aromatic heterocycles. The maximum Gasteiger partial charge on any atom is 0.253 e. The molecule has 2 unspecified atom stereocenters. The van der Waals surface area contributed by atoms with Gasteiger partial charge in [0.2, 0.25) is 0 Å². The van der Waals surface area contributed by atoms with Crippen LogP contribution in [0.4, 0.5) is 0 Å². The number of likely N-dealkylation sites (tertiary alicyclic amines) is 1. The molecule has 2 heterocycles. The Hall–Kier alpha value is -4.42. The second-order valence-electron chi connectivity index (χ2n) is 12.6. The molecule has 0 saturated carbocycles. The Morgan fingerprint density at radius 1 is 1.11 bits per heavy atom. The Morgan fingerprint density at radius 3 is 2.36 bits per heavy atom. The molecule has 1 aliphatic heterocycles. The maximum absolute atomic E-state index is 13.0. The van der Waals surface area contributed by atoms with E-state index in [1.165, 1.54) is 11.1 Å². The second-order valence-corrected chi connectivity index (χ2v) is 12.6. The number of nitrogens with zero attached hydrogens (tertiary/aromatic N) is 6. The Bertz CT molecular complexity index is 1510. The number of nitrogens with one attached hydrogen (secondary N) is 2. The fraction of sp³-hybridized carbons (Fsp3) is 0.429. The molecule has 5 rings (SSSR count). The lowest BCUT2D eigenvalue weighted by Gasteiger charge is -2.37. The normalized spacial score (nSPS) is 19.7. The van der Waals surface area contributed by atoms with Gasteiger partial charge < -0.3 is 20.0 Å². The van der Waals surface area contributed by atoms with Gasteiger partial charge in [-0.25, -0.2) is 4.98 Å². The summed E-state index contributed by atoms with van der Waals surface area (Å²) in [5, 5.41) is 20.9. The van der Waals surface area contributed by atoms with Crippen LogP contribution in [0, 0.1) is 11.3 Å². The number of aryl methyl sites for hydroxylation is 2. The van der Waals surface area contributed by atoms with Crippen LogP contribution in [0.3, 0.4) is 0 Å². The van der Waals surface area contributed by atoms with Crippen molar-refractivity contribution in [3.8, 4) is 6.07 Å². The van der Waals surface area contributed by atoms with Gasteiger partial charge in [-0.05, 0) is 85.0 Å². The third-order valence-electron chi connectivity index (χ3n) is 9.21. The smallest absolute Gasteiger partial charge is 0.253 e. The first-order chi connectivity index (χ1) is 21.1. The number of nitriles is 1. The average Bonchev–Trinajstić information content (AvgIpc) is 3.71. The van der Waals surface area contributed by atoms with Gasteiger partial charge in [0, 0.05) is 64.3 Å². The summed E-state index contributed by atoms with van der Waals surface area (Å²) in [4.78, 5) is 23.6. The predicted octanol–water partition coefficient (Wildman–Crippen LogP) is 4.34. The quantitative estimate of drug-likeness (QED) is 0.361. The van der Waals surface area contributed by atoms with Crippen LogP contribution in [0.1, 0.15) is 70.2 Å². The van der Waals surface area contributed by atoms with E-state index in [0.717, 1.165) is 66.1 Å². The predicted molar refractivity (Wildman–Crippen MR) is 174 cm³/mol. The molecule has 1 fully saturated rings. The molecule has 0 radical (unpaired) electrons. The lowest BCUT2D eigenvalue weighted by atomic mass is 9.67. The van der Waals surface area contributed by atoms with Crippen LogP contribution in [-0.2, 0) is 18.3 Å². The summed E-state index contributed by atoms with van der Waals surface area (Å²) in [7, 11) is 7.58. The lowest BCUT2D eigenvalue weighted by Crippen LogP contribution is -2.42. The van der Waals surface area contributed by atoms with Gasteiger partial charge in [-0.3, -0.25) is 9.89 Å². The summed E-state index contributed by atoms with van der Waals surface area (Å²) < 4.78 is 0. The van der Waals surface area contributed by atoms with Gasteiger partial charge >= 0.3 is 0 Å². The minimum Gasteiger partial charge on any atom is -0.378 e. The van der Waals surface area contributed by atoms with Gasteiger partial charge in [0.1, 0.15) is 18.2 Å². The van der Waals surface area contributed by atoms with Crippen molar-refractivity contribution in [2.45, 2.75) is 56.5 Å². The Balaban J connectivity index is 1.60. The van der Waals surface area contributed by atoms with E-state index in [9.17, 15) is 10.1 Å². The van der Waals surface area contributed by atoms with Crippen molar-refractivity contribution < 1.29 is 4.79 Å². The maximum atomic E-state index is 13.0. The van der Waals surface area contributed by atoms with Crippen LogP contribution in [0.25, 0.3) is 5.70 Å². The fourth-order valence-electron chi connectivity index (χ4n) is 6.86. The minimum absolute atomic E-state index is 0.0180. The molecule has 1 saturated heterocycles. The van der Waals surface area contributed by atoms with Crippen LogP contribution in [0.2, 0.25) is 0 Å². The highest BCUT2D eigenvalue weighted by molar-refractivity contribution is 5.94. The van der Waals surface area contributed by atoms with Crippen molar-refractivity contribution >= 4 is 11.6 Å². The molecule has 2 aromatic carbocycles. The van der Waals surface area contributed by atoms with Gasteiger partial charge in [0.05, 0.1) is 11.5 Å². The summed E-state index contributed by atoms with van der Waals surface area (Å²) in [6.07, 6.45) is 5.75. The highest BCUT2D eigenvalue weighted by atomic mass is 16.2. The van der Waals surface area contributed by atoms with E-state index in [1.807, 2.05) is 25.1 Å². The first-order valence-corrected chi connectivity index (χ1v) is 15.3. The molecule has 2 N–H and O–H groups in total. The number of carbonyl (C=O) groups is 1. The van der Waals surface area contributed by atoms with Gasteiger partial charge in [-0.2, -0.15) is 10.4 Å². The van der Waals surface area contributed by atoms with Crippen LogP contribution >= 0.6 is 0 Å². The third kappa shape index (κ3) is 5.74. The molecular formula is C35H44N8O. The minimum atomic E-state index is -0.661. The lowest BCUT2D eigenvalue weighted by molar-refractivity contribution is 0.0827. The SMILES string of the molecule is C=C(c1ccc2c(c1)CCc1cc(C(=O)N(C)C)ccc1C2(C[C@H](C)NCC(=C)N1CCCC1C#N)c1ncn[nH]1)N(C)C. The highest BCUT2D eigenvalue weighted by Crippen LogP contribution is 2.47. The number of hydrogen-bond donors (Lipinski definition) is 2. The Morgan fingerprint density at radius 2 is 1.77 bits per heavy atom. The van der Waals surface area contributed by atoms with E-state index in [0.29, 0.717) is 18.5 Å². The summed E-state index contributed by atoms with van der Waals surface area (Å²) >= 11 is 0. The number of H-pyrrole nitrogens is 1. The van der Waals surface area contributed by atoms with Crippen LogP contribution < -0.4 is 5.32 Å². The van der Waals surface area contributed by atoms with Gasteiger partial charge in [-0.1, -0.05) is 31.4 Å². The van der Waals surface area contributed by atoms with E-state index < -0.39 is 5.41 Å². The zero-order valence-corrected chi connectivity index (χ0v) is 26.7. The van der Waals surface area contributed by atoms with E-state index in [1.54, 1.807) is 25.3 Å². The van der Waals surface area contributed by atoms with Crippen molar-refractivity contribution in [3.63, 3.8) is 0 Å². The summed E-state index contributed by atoms with van der Waals surface area (Å²) in [6.45, 7) is 12.3. The van der Waals surface area contributed by atoms with E-state index >= 15 is 0 Å². The number of rotatable bonds is 10. The molecule has 2 aliphatic rings. The first kappa shape index (κ1) is 31.0. The summed E-state index contributed by atoms with van der Waals surface area (Å²) in [5.41, 5.74) is 7.63. The van der Waals surface area contributed by atoms with Crippen LogP contribution in [0.15, 0.2) is 61.6 Å². The monoisotopic (exact) mass is 592 g/mol. The number of carbonyl (C=O) groups excluding carboxylic acids is 1. The molecule has 9 nitrogen and oxygen atoms in total. The van der Waals surface area contributed by atoms with Gasteiger partial charge in [-0.15, -0.1) is 0 Å². The van der Waals surface area contributed by atoms with Gasteiger partial charge in [0.15, 0.2) is 0 Å². The standard InChI is InChI=1S/C35H44N8O/c1-23(37-21-24(2)43-16-8-9-30(43)20-36)19-35(34-38-22-39-40-34)31-14-12-26(25(3)41(4)5)17-27(31)10-11-28-18-29(13-15-32(28)35)33(44)42(6)7/h12-15,17-18,22-23,30,37H,2-3,8-11,16,19,21H2,1,4-7H3,(H,38,39,40)/t23-,30?,35?/m0/s1. The Labute approximate surface area is 261 Å². The fourth-order valence-corrected chi connectivity index (χ4v) is 6.86. The van der Waals surface area contributed by atoms with Gasteiger partial charge in [0.25, 0.3) is 5.91 Å². The van der Waals surface area contributed by atoms with Crippen LogP contribution in [0.5, 0.6) is 0 Å². The molecule has 44 heavy (non-hydrogen) atoms. The number of benzene rings is 2. The Kier molecular flexibility index (Phi) is 8.93. The zero-order valence-electron chi connectivity index (χ0n) is 26.7. The van der Waals surface area contributed by atoms with Crippen molar-refractivity contribution in [2.24, 2.45) is 0 Å². The van der Waals surface area contributed by atoms with E-state index in [4.69, 9.17) is 4.98 Å². The summed E-state index contributed by atoms with van der Waals surface area (Å²) in [6, 6.07) is 15.1. The van der Waals surface area contributed by atoms with E-state index in [2.05, 4.69) is 76.9 Å². The molecule has 9 heteroatoms. The molecular weight excluding hydrogens is 548 g/mol. The molecule has 230 valence electrons. The van der Waals surface area contributed by atoms with Crippen LogP contribution in [-0.4, -0.2) is 89.2 Å². The van der Waals surface area contributed by atoms with Crippen molar-refractivity contribution in [2.75, 3.05) is 41.3 Å². The van der Waals surface area contributed by atoms with E-state index in [-0.39, 0.29) is 18.0 Å². The molecule has 0 bridgehead atoms. The molecule has 3 aromatic rings. The number of amides is 1. The molecule has 0 spiro atoms. The molecule has 1 amide bonds. The van der Waals surface area contributed by atoms with Crippen molar-refractivity contribution in [1.82, 2.24) is 35.2 Å². The average molecular weight is 593 g/mol. The molecule has 3 atom stereocenters. The van der Waals surface area contributed by atoms with Crippen molar-refractivity contribution in [3.05, 3.63) is 101 Å². The number of hydrogen-bond acceptors (Lipinski definition) is 7. The number of aromatic nitrogens is 3. The van der Waals surface area contributed by atoms with Crippen molar-refractivity contribution in [1.29, 1.82) is 5.26 Å². The third-order valence-corrected chi connectivity index (χ3v) is 9.21. The highest BCUT2D eigenvalue weighted by Gasteiger charge is 2.44. The number of fused-ring (bicyclic) bond motifs is 2. The largest absolute Gasteiger partial charge is 0.378 e. The molecule has 1 aliphatic carbocycles. The second kappa shape index (κ2) is 12.7. The number of aromatic amines is 1. The topological polar surface area (TPSA) is 104 Å². The first-order valence-electron chi connectivity index (χ1n) is 15.3. The zero-order chi connectivity index (χ0) is 31.6.